The van der Waals surface area contributed by atoms with Gasteiger partial charge < -0.3 is 10.0 Å². The highest BCUT2D eigenvalue weighted by molar-refractivity contribution is 6.37. The number of rotatable bonds is 2. The smallest absolute Gasteiger partial charge is 0.349 e. The fourth-order valence-electron chi connectivity index (χ4n) is 1.57. The minimum absolute atomic E-state index is 0.118. The second-order valence-electron chi connectivity index (χ2n) is 4.12. The maximum absolute atomic E-state index is 11.7. The molecule has 7 heteroatoms. The first-order chi connectivity index (χ1) is 8.91. The van der Waals surface area contributed by atoms with Crippen molar-refractivity contribution in [1.82, 2.24) is 4.98 Å². The van der Waals surface area contributed by atoms with Crippen molar-refractivity contribution < 1.29 is 9.67 Å². The molecule has 2 aromatic rings. The third-order valence-corrected chi connectivity index (χ3v) is 3.32. The minimum atomic E-state index is -0.675. The van der Waals surface area contributed by atoms with Gasteiger partial charge in [-0.2, -0.15) is 0 Å². The predicted molar refractivity (Wildman–Crippen MR) is 72.4 cm³/mol. The molecular formula is C12H11Cl2N3O2. The molecule has 0 saturated carbocycles. The molecule has 0 atom stereocenters. The molecule has 0 aliphatic heterocycles. The second-order valence-corrected chi connectivity index (χ2v) is 4.87. The van der Waals surface area contributed by atoms with Crippen LogP contribution in [-0.4, -0.2) is 19.1 Å². The average molecular weight is 300 g/mol. The standard InChI is InChI=1S/C12H11Cl2N3O2/c1-16(2)7-3-5-17(6-4-7)11-8(13)10(18)9(14)12(19)15-11/h3-6H,1-2H3,(H-,15,18,19). The van der Waals surface area contributed by atoms with Crippen LogP contribution in [0.1, 0.15) is 0 Å². The number of aromatic amines is 1. The summed E-state index contributed by atoms with van der Waals surface area (Å²) in [5, 5.41) is 11.1. The van der Waals surface area contributed by atoms with Crippen LogP contribution in [0.4, 0.5) is 5.69 Å². The summed E-state index contributed by atoms with van der Waals surface area (Å²) < 4.78 is 1.55. The van der Waals surface area contributed by atoms with Gasteiger partial charge in [0, 0.05) is 31.9 Å². The molecule has 5 nitrogen and oxygen atoms in total. The van der Waals surface area contributed by atoms with E-state index in [1.165, 1.54) is 0 Å². The molecule has 2 aromatic heterocycles. The maximum atomic E-state index is 11.7. The Hall–Kier alpha value is -1.72. The van der Waals surface area contributed by atoms with Gasteiger partial charge in [-0.3, -0.25) is 0 Å². The number of hydrogen-bond acceptors (Lipinski definition) is 3. The zero-order valence-electron chi connectivity index (χ0n) is 10.3. The van der Waals surface area contributed by atoms with Gasteiger partial charge in [-0.1, -0.05) is 29.0 Å². The molecule has 0 saturated heterocycles. The molecule has 0 aromatic carbocycles. The zero-order valence-corrected chi connectivity index (χ0v) is 11.8. The molecule has 0 fully saturated rings. The van der Waals surface area contributed by atoms with Crippen LogP contribution < -0.4 is 20.1 Å². The van der Waals surface area contributed by atoms with Crippen LogP contribution in [0.15, 0.2) is 29.3 Å². The molecular weight excluding hydrogens is 289 g/mol. The Kier molecular flexibility index (Phi) is 3.68. The quantitative estimate of drug-likeness (QED) is 0.845. The van der Waals surface area contributed by atoms with Crippen LogP contribution in [0.2, 0.25) is 10.0 Å². The van der Waals surface area contributed by atoms with Gasteiger partial charge in [0.25, 0.3) is 0 Å². The van der Waals surface area contributed by atoms with Crippen molar-refractivity contribution in [2.24, 2.45) is 0 Å². The van der Waals surface area contributed by atoms with Crippen molar-refractivity contribution in [2.75, 3.05) is 19.0 Å². The Bertz CT molecular complexity index is 666. The van der Waals surface area contributed by atoms with Crippen LogP contribution in [0.25, 0.3) is 5.82 Å². The van der Waals surface area contributed by atoms with Crippen LogP contribution in [-0.2, 0) is 0 Å². The molecule has 0 bridgehead atoms. The summed E-state index contributed by atoms with van der Waals surface area (Å²) in [6.07, 6.45) is 3.39. The van der Waals surface area contributed by atoms with E-state index in [2.05, 4.69) is 4.98 Å². The summed E-state index contributed by atoms with van der Waals surface area (Å²) in [5.41, 5.74) is 0.321. The van der Waals surface area contributed by atoms with Crippen molar-refractivity contribution in [3.63, 3.8) is 0 Å². The van der Waals surface area contributed by atoms with E-state index in [1.54, 1.807) is 17.0 Å². The molecule has 0 amide bonds. The van der Waals surface area contributed by atoms with E-state index < -0.39 is 16.3 Å². The first kappa shape index (κ1) is 13.7. The Morgan fingerprint density at radius 2 is 1.79 bits per heavy atom. The van der Waals surface area contributed by atoms with Crippen molar-refractivity contribution in [3.8, 4) is 11.6 Å². The zero-order chi connectivity index (χ0) is 14.2. The van der Waals surface area contributed by atoms with Gasteiger partial charge in [-0.25, -0.2) is 14.3 Å². The molecule has 0 aliphatic rings. The number of anilines is 1. The highest BCUT2D eigenvalue weighted by atomic mass is 35.5. The van der Waals surface area contributed by atoms with Crippen LogP contribution in [0, 0.1) is 0 Å². The maximum Gasteiger partial charge on any atom is 0.349 e. The SMILES string of the molecule is CN(C)c1cc[n+](-c2[nH]c(=O)c(Cl)c([O-])c2Cl)cc1. The normalized spacial score (nSPS) is 10.5. The van der Waals surface area contributed by atoms with Crippen LogP contribution in [0.3, 0.4) is 0 Å². The van der Waals surface area contributed by atoms with E-state index >= 15 is 0 Å². The summed E-state index contributed by atoms with van der Waals surface area (Å²) in [6.45, 7) is 0. The van der Waals surface area contributed by atoms with Crippen molar-refractivity contribution in [3.05, 3.63) is 44.9 Å². The highest BCUT2D eigenvalue weighted by Crippen LogP contribution is 2.27. The van der Waals surface area contributed by atoms with Crippen LogP contribution in [0.5, 0.6) is 5.75 Å². The van der Waals surface area contributed by atoms with Gasteiger partial charge in [0.05, 0.1) is 12.4 Å². The van der Waals surface area contributed by atoms with E-state index in [9.17, 15) is 9.90 Å². The van der Waals surface area contributed by atoms with E-state index in [0.717, 1.165) is 5.69 Å². The lowest BCUT2D eigenvalue weighted by molar-refractivity contribution is -0.599. The average Bonchev–Trinajstić information content (AvgIpc) is 2.40. The van der Waals surface area contributed by atoms with Gasteiger partial charge in [-0.05, 0) is 0 Å². The lowest BCUT2D eigenvalue weighted by atomic mass is 10.3. The molecule has 0 aliphatic carbocycles. The molecule has 19 heavy (non-hydrogen) atoms. The van der Waals surface area contributed by atoms with E-state index in [-0.39, 0.29) is 10.8 Å². The molecule has 100 valence electrons. The summed E-state index contributed by atoms with van der Waals surface area (Å²) >= 11 is 11.5. The fourth-order valence-corrected chi connectivity index (χ4v) is 2.00. The van der Waals surface area contributed by atoms with Gasteiger partial charge in [0.2, 0.25) is 0 Å². The van der Waals surface area contributed by atoms with Gasteiger partial charge in [0.1, 0.15) is 10.0 Å². The number of nitrogens with zero attached hydrogens (tertiary/aromatic N) is 2. The van der Waals surface area contributed by atoms with Crippen molar-refractivity contribution >= 4 is 28.9 Å². The summed E-state index contributed by atoms with van der Waals surface area (Å²) in [7, 11) is 3.82. The number of hydrogen-bond donors (Lipinski definition) is 1. The molecule has 2 heterocycles. The second kappa shape index (κ2) is 5.11. The Balaban J connectivity index is 2.56. The molecule has 1 N–H and O–H groups in total. The number of pyridine rings is 2. The first-order valence-corrected chi connectivity index (χ1v) is 6.14. The summed E-state index contributed by atoms with van der Waals surface area (Å²) in [5.74, 6) is -0.474. The topological polar surface area (TPSA) is 63.0 Å². The fraction of sp³-hybridized carbons (Fsp3) is 0.167. The summed E-state index contributed by atoms with van der Waals surface area (Å²) in [4.78, 5) is 15.9. The molecule has 0 unspecified atom stereocenters. The van der Waals surface area contributed by atoms with E-state index in [0.29, 0.717) is 0 Å². The molecule has 2 rings (SSSR count). The lowest BCUT2D eigenvalue weighted by Crippen LogP contribution is -2.34. The van der Waals surface area contributed by atoms with Crippen LogP contribution >= 0.6 is 23.2 Å². The highest BCUT2D eigenvalue weighted by Gasteiger charge is 2.16. The Morgan fingerprint density at radius 3 is 2.32 bits per heavy atom. The number of H-pyrrole nitrogens is 1. The third-order valence-electron chi connectivity index (χ3n) is 2.62. The number of nitrogens with one attached hydrogen (secondary N) is 1. The third kappa shape index (κ3) is 2.52. The lowest BCUT2D eigenvalue weighted by Gasteiger charge is -2.13. The Labute approximate surface area is 119 Å². The Morgan fingerprint density at radius 1 is 1.21 bits per heavy atom. The van der Waals surface area contributed by atoms with E-state index in [1.807, 2.05) is 31.1 Å². The number of aromatic nitrogens is 2. The van der Waals surface area contributed by atoms with Crippen molar-refractivity contribution in [2.45, 2.75) is 0 Å². The van der Waals surface area contributed by atoms with Gasteiger partial charge in [0.15, 0.2) is 0 Å². The number of halogens is 2. The monoisotopic (exact) mass is 299 g/mol. The van der Waals surface area contributed by atoms with Gasteiger partial charge in [-0.15, -0.1) is 0 Å². The predicted octanol–water partition coefficient (Wildman–Crippen LogP) is 1.10. The van der Waals surface area contributed by atoms with Crippen molar-refractivity contribution in [1.29, 1.82) is 0 Å². The largest absolute Gasteiger partial charge is 0.870 e. The summed E-state index contributed by atoms with van der Waals surface area (Å²) in [6, 6.07) is 3.65. The molecule has 0 spiro atoms. The molecule has 0 radical (unpaired) electrons. The van der Waals surface area contributed by atoms with E-state index in [4.69, 9.17) is 23.2 Å². The first-order valence-electron chi connectivity index (χ1n) is 5.39. The van der Waals surface area contributed by atoms with Gasteiger partial charge >= 0.3 is 11.4 Å². The minimum Gasteiger partial charge on any atom is -0.870 e.